The van der Waals surface area contributed by atoms with Gasteiger partial charge in [-0.2, -0.15) is 0 Å². The first-order chi connectivity index (χ1) is 16.1. The van der Waals surface area contributed by atoms with E-state index in [-0.39, 0.29) is 11.8 Å². The quantitative estimate of drug-likeness (QED) is 0.565. The van der Waals surface area contributed by atoms with Gasteiger partial charge in [0.15, 0.2) is 5.82 Å². The number of fused-ring (bicyclic) bond motifs is 1. The molecule has 5 heterocycles. The lowest BCUT2D eigenvalue weighted by molar-refractivity contribution is -0.134. The lowest BCUT2D eigenvalue weighted by Gasteiger charge is -2.32. The highest BCUT2D eigenvalue weighted by Crippen LogP contribution is 2.34. The van der Waals surface area contributed by atoms with Gasteiger partial charge in [-0.05, 0) is 32.0 Å². The third-order valence-corrected chi connectivity index (χ3v) is 7.32. The fourth-order valence-electron chi connectivity index (χ4n) is 4.52. The van der Waals surface area contributed by atoms with E-state index in [2.05, 4.69) is 25.8 Å². The molecule has 0 radical (unpaired) electrons. The molecule has 2 saturated heterocycles. The van der Waals surface area contributed by atoms with Crippen LogP contribution in [0.5, 0.6) is 0 Å². The Morgan fingerprint density at radius 2 is 1.85 bits per heavy atom. The highest BCUT2D eigenvalue weighted by Gasteiger charge is 2.27. The molecule has 33 heavy (non-hydrogen) atoms. The number of thiophene rings is 1. The lowest BCUT2D eigenvalue weighted by Crippen LogP contribution is -2.39. The highest BCUT2D eigenvalue weighted by molar-refractivity contribution is 7.18. The molecule has 0 unspecified atom stereocenters. The molecule has 0 N–H and O–H groups in total. The summed E-state index contributed by atoms with van der Waals surface area (Å²) in [7, 11) is 3.68. The molecule has 0 atom stereocenters. The van der Waals surface area contributed by atoms with Crippen LogP contribution in [-0.4, -0.2) is 89.1 Å². The molecule has 9 nitrogen and oxygen atoms in total. The summed E-state index contributed by atoms with van der Waals surface area (Å²) in [6, 6.07) is 2.24. The van der Waals surface area contributed by atoms with E-state index in [9.17, 15) is 4.79 Å². The Bertz CT molecular complexity index is 1110. The highest BCUT2D eigenvalue weighted by atomic mass is 32.1. The molecule has 1 amide bonds. The van der Waals surface area contributed by atoms with Crippen LogP contribution < -0.4 is 4.90 Å². The molecular weight excluding hydrogens is 438 g/mol. The maximum atomic E-state index is 12.3. The zero-order valence-corrected chi connectivity index (χ0v) is 19.9. The number of nitrogens with zero attached hydrogens (tertiary/aromatic N) is 7. The number of carbonyl (C=O) groups excluding carboxylic acids is 1. The summed E-state index contributed by atoms with van der Waals surface area (Å²) in [6.45, 7) is 5.78. The molecule has 0 aromatic carbocycles. The van der Waals surface area contributed by atoms with Crippen molar-refractivity contribution >= 4 is 33.3 Å². The summed E-state index contributed by atoms with van der Waals surface area (Å²) < 4.78 is 5.56. The van der Waals surface area contributed by atoms with Crippen molar-refractivity contribution < 1.29 is 9.53 Å². The predicted octanol–water partition coefficient (Wildman–Crippen LogP) is 2.29. The number of aromatic nitrogens is 4. The standard InChI is InChI=1S/C23H29N7O2S/c1-28(2)23(31)16-3-5-29(6-4-16)14-18-11-19-21(30-7-9-32-10-8-30)26-20(27-22(19)33-18)17-12-24-15-25-13-17/h11-13,15-16H,3-10,14H2,1-2H3. The van der Waals surface area contributed by atoms with Crippen molar-refractivity contribution in [3.63, 3.8) is 0 Å². The number of ether oxygens (including phenoxy) is 1. The van der Waals surface area contributed by atoms with E-state index < -0.39 is 0 Å². The second-order valence-electron chi connectivity index (χ2n) is 8.81. The number of hydrogen-bond donors (Lipinski definition) is 0. The van der Waals surface area contributed by atoms with Gasteiger partial charge in [-0.3, -0.25) is 9.69 Å². The Hall–Kier alpha value is -2.69. The largest absolute Gasteiger partial charge is 0.378 e. The Balaban J connectivity index is 1.40. The van der Waals surface area contributed by atoms with Crippen molar-refractivity contribution in [1.82, 2.24) is 29.7 Å². The number of anilines is 1. The van der Waals surface area contributed by atoms with Crippen LogP contribution in [0.4, 0.5) is 5.82 Å². The zero-order chi connectivity index (χ0) is 22.8. The number of rotatable bonds is 5. The fraction of sp³-hybridized carbons (Fsp3) is 0.522. The fourth-order valence-corrected chi connectivity index (χ4v) is 5.58. The van der Waals surface area contributed by atoms with Gasteiger partial charge >= 0.3 is 0 Å². The van der Waals surface area contributed by atoms with E-state index in [1.165, 1.54) is 11.2 Å². The molecular formula is C23H29N7O2S. The zero-order valence-electron chi connectivity index (χ0n) is 19.1. The number of piperidine rings is 1. The molecule has 3 aromatic rings. The molecule has 2 fully saturated rings. The minimum atomic E-state index is 0.146. The van der Waals surface area contributed by atoms with E-state index in [1.807, 2.05) is 14.1 Å². The first kappa shape index (κ1) is 22.1. The smallest absolute Gasteiger partial charge is 0.225 e. The van der Waals surface area contributed by atoms with Crippen LogP contribution in [0.15, 0.2) is 24.8 Å². The topological polar surface area (TPSA) is 87.6 Å². The molecule has 0 spiro atoms. The number of carbonyl (C=O) groups is 1. The van der Waals surface area contributed by atoms with Crippen LogP contribution in [-0.2, 0) is 16.1 Å². The first-order valence-corrected chi connectivity index (χ1v) is 12.2. The van der Waals surface area contributed by atoms with Crippen LogP contribution >= 0.6 is 11.3 Å². The molecule has 3 aromatic heterocycles. The first-order valence-electron chi connectivity index (χ1n) is 11.4. The molecule has 0 bridgehead atoms. The molecule has 2 aliphatic rings. The van der Waals surface area contributed by atoms with Crippen LogP contribution in [0.1, 0.15) is 17.7 Å². The van der Waals surface area contributed by atoms with E-state index in [4.69, 9.17) is 14.7 Å². The van der Waals surface area contributed by atoms with Crippen molar-refractivity contribution in [2.24, 2.45) is 5.92 Å². The third-order valence-electron chi connectivity index (χ3n) is 6.31. The monoisotopic (exact) mass is 467 g/mol. The summed E-state index contributed by atoms with van der Waals surface area (Å²) in [5.41, 5.74) is 0.816. The predicted molar refractivity (Wildman–Crippen MR) is 128 cm³/mol. The van der Waals surface area contributed by atoms with Gasteiger partial charge in [0.25, 0.3) is 0 Å². The SMILES string of the molecule is CN(C)C(=O)C1CCN(Cc2cc3c(N4CCOCC4)nc(-c4cncnc4)nc3s2)CC1. The van der Waals surface area contributed by atoms with Crippen LogP contribution in [0.25, 0.3) is 21.6 Å². The minimum Gasteiger partial charge on any atom is -0.378 e. The van der Waals surface area contributed by atoms with Crippen molar-refractivity contribution in [3.8, 4) is 11.4 Å². The van der Waals surface area contributed by atoms with Crippen LogP contribution in [0, 0.1) is 5.92 Å². The maximum Gasteiger partial charge on any atom is 0.225 e. The van der Waals surface area contributed by atoms with Gasteiger partial charge in [-0.1, -0.05) is 0 Å². The Morgan fingerprint density at radius 1 is 1.12 bits per heavy atom. The van der Waals surface area contributed by atoms with E-state index in [1.54, 1.807) is 28.6 Å². The number of amides is 1. The molecule has 2 aliphatic heterocycles. The Morgan fingerprint density at radius 3 is 2.55 bits per heavy atom. The Kier molecular flexibility index (Phi) is 6.48. The molecule has 5 rings (SSSR count). The lowest BCUT2D eigenvalue weighted by atomic mass is 9.95. The summed E-state index contributed by atoms with van der Waals surface area (Å²) in [5.74, 6) is 2.01. The normalized spacial score (nSPS) is 18.1. The van der Waals surface area contributed by atoms with Gasteiger partial charge < -0.3 is 14.5 Å². The summed E-state index contributed by atoms with van der Waals surface area (Å²) in [6.07, 6.45) is 6.86. The van der Waals surface area contributed by atoms with Crippen molar-refractivity contribution in [2.45, 2.75) is 19.4 Å². The third kappa shape index (κ3) is 4.83. The van der Waals surface area contributed by atoms with Gasteiger partial charge in [0.05, 0.1) is 24.2 Å². The van der Waals surface area contributed by atoms with Crippen LogP contribution in [0.2, 0.25) is 0 Å². The summed E-state index contributed by atoms with van der Waals surface area (Å²) >= 11 is 1.72. The number of likely N-dealkylation sites (tertiary alicyclic amines) is 1. The molecule has 10 heteroatoms. The van der Waals surface area contributed by atoms with Gasteiger partial charge in [0, 0.05) is 56.9 Å². The Labute approximate surface area is 197 Å². The molecule has 0 saturated carbocycles. The van der Waals surface area contributed by atoms with E-state index >= 15 is 0 Å². The maximum absolute atomic E-state index is 12.3. The van der Waals surface area contributed by atoms with Gasteiger partial charge in [-0.15, -0.1) is 11.3 Å². The average molecular weight is 468 g/mol. The number of hydrogen-bond acceptors (Lipinski definition) is 9. The molecule has 174 valence electrons. The van der Waals surface area contributed by atoms with Gasteiger partial charge in [0.1, 0.15) is 17.0 Å². The number of morpholine rings is 1. The van der Waals surface area contributed by atoms with Crippen molar-refractivity contribution in [2.75, 3.05) is 58.4 Å². The van der Waals surface area contributed by atoms with E-state index in [0.717, 1.165) is 67.2 Å². The van der Waals surface area contributed by atoms with Crippen molar-refractivity contribution in [1.29, 1.82) is 0 Å². The van der Waals surface area contributed by atoms with Gasteiger partial charge in [-0.25, -0.2) is 19.9 Å². The average Bonchev–Trinajstić information content (AvgIpc) is 3.26. The summed E-state index contributed by atoms with van der Waals surface area (Å²) in [5, 5.41) is 1.09. The molecule has 0 aliphatic carbocycles. The summed E-state index contributed by atoms with van der Waals surface area (Å²) in [4.78, 5) is 39.1. The van der Waals surface area contributed by atoms with Crippen LogP contribution in [0.3, 0.4) is 0 Å². The second kappa shape index (κ2) is 9.66. The van der Waals surface area contributed by atoms with E-state index in [0.29, 0.717) is 19.0 Å². The van der Waals surface area contributed by atoms with Crippen molar-refractivity contribution in [3.05, 3.63) is 29.7 Å². The van der Waals surface area contributed by atoms with Gasteiger partial charge in [0.2, 0.25) is 5.91 Å². The minimum absolute atomic E-state index is 0.146. The second-order valence-corrected chi connectivity index (χ2v) is 9.93.